The summed E-state index contributed by atoms with van der Waals surface area (Å²) in [6, 6.07) is 12.5. The lowest BCUT2D eigenvalue weighted by Gasteiger charge is -2.39. The predicted molar refractivity (Wildman–Crippen MR) is 91.4 cm³/mol. The summed E-state index contributed by atoms with van der Waals surface area (Å²) in [7, 11) is 0. The van der Waals surface area contributed by atoms with Crippen LogP contribution in [-0.2, 0) is 4.74 Å². The van der Waals surface area contributed by atoms with Crippen LogP contribution in [0.3, 0.4) is 0 Å². The molecule has 0 unspecified atom stereocenters. The van der Waals surface area contributed by atoms with E-state index in [0.717, 1.165) is 11.0 Å². The van der Waals surface area contributed by atoms with Crippen LogP contribution in [0, 0.1) is 0 Å². The number of rotatable bonds is 3. The van der Waals surface area contributed by atoms with Crippen LogP contribution < -0.4 is 4.74 Å². The molecule has 0 spiro atoms. The van der Waals surface area contributed by atoms with Crippen molar-refractivity contribution in [1.82, 2.24) is 9.97 Å². The van der Waals surface area contributed by atoms with Crippen molar-refractivity contribution in [1.29, 1.82) is 0 Å². The molecule has 1 aromatic heterocycles. The Morgan fingerprint density at radius 3 is 2.19 bits per heavy atom. The molecule has 1 fully saturated rings. The first-order valence-corrected chi connectivity index (χ1v) is 8.20. The van der Waals surface area contributed by atoms with Crippen molar-refractivity contribution in [2.45, 2.75) is 30.7 Å². The lowest BCUT2D eigenvalue weighted by Crippen LogP contribution is -2.60. The third kappa shape index (κ3) is 2.98. The van der Waals surface area contributed by atoms with Gasteiger partial charge in [-0.05, 0) is 24.3 Å². The molecule has 3 aromatic rings. The van der Waals surface area contributed by atoms with Gasteiger partial charge in [-0.25, -0.2) is 9.97 Å². The van der Waals surface area contributed by atoms with Crippen molar-refractivity contribution in [3.63, 3.8) is 0 Å². The van der Waals surface area contributed by atoms with Crippen LogP contribution >= 0.6 is 0 Å². The van der Waals surface area contributed by atoms with E-state index in [1.807, 2.05) is 24.3 Å². The van der Waals surface area contributed by atoms with Crippen LogP contribution in [0.5, 0.6) is 5.75 Å². The number of ether oxygens (including phenoxy) is 2. The van der Waals surface area contributed by atoms with E-state index in [4.69, 9.17) is 9.47 Å². The van der Waals surface area contributed by atoms with Gasteiger partial charge in [-0.2, -0.15) is 0 Å². The highest BCUT2D eigenvalue weighted by molar-refractivity contribution is 5.86. The fourth-order valence-corrected chi connectivity index (χ4v) is 2.97. The van der Waals surface area contributed by atoms with Crippen molar-refractivity contribution in [2.24, 2.45) is 0 Å². The Hall–Kier alpha value is -2.36. The molecule has 0 radical (unpaired) electrons. The molecule has 1 aliphatic rings. The van der Waals surface area contributed by atoms with Crippen LogP contribution in [0.25, 0.3) is 22.1 Å². The molecule has 1 aliphatic heterocycles. The predicted octanol–water partition coefficient (Wildman–Crippen LogP) is -0.0383. The van der Waals surface area contributed by atoms with Crippen molar-refractivity contribution in [2.75, 3.05) is 6.61 Å². The van der Waals surface area contributed by atoms with Crippen LogP contribution in [0.4, 0.5) is 0 Å². The molecule has 0 saturated carbocycles. The Labute approximate surface area is 148 Å². The molecule has 1 saturated heterocycles. The molecular weight excluding hydrogens is 340 g/mol. The van der Waals surface area contributed by atoms with E-state index >= 15 is 0 Å². The lowest BCUT2D eigenvalue weighted by atomic mass is 9.99. The normalized spacial score (nSPS) is 29.2. The molecule has 2 heterocycles. The molecule has 8 nitrogen and oxygen atoms in total. The highest BCUT2D eigenvalue weighted by atomic mass is 16.7. The number of hydrogen-bond acceptors (Lipinski definition) is 8. The van der Waals surface area contributed by atoms with Gasteiger partial charge in [0.1, 0.15) is 30.2 Å². The van der Waals surface area contributed by atoms with Crippen LogP contribution in [-0.4, -0.2) is 67.7 Å². The number of benzene rings is 2. The first-order valence-electron chi connectivity index (χ1n) is 8.20. The minimum atomic E-state index is -1.49. The standard InChI is InChI=1S/C18H18N2O6/c21-8-14-15(22)16(23)17(24)18(26-14)25-9-5-6-12-13(7-9)20-11-4-2-1-3-10(11)19-12/h1-7,14-18,21-24H,8H2/t14-,15-,16+,17-,18-/m1/s1. The quantitative estimate of drug-likeness (QED) is 0.481. The zero-order valence-corrected chi connectivity index (χ0v) is 13.6. The molecule has 4 rings (SSSR count). The van der Waals surface area contributed by atoms with Gasteiger partial charge in [0.15, 0.2) is 0 Å². The fourth-order valence-electron chi connectivity index (χ4n) is 2.97. The number of nitrogens with zero attached hydrogens (tertiary/aromatic N) is 2. The zero-order valence-electron chi connectivity index (χ0n) is 13.6. The van der Waals surface area contributed by atoms with Crippen molar-refractivity contribution in [3.8, 4) is 5.75 Å². The summed E-state index contributed by atoms with van der Waals surface area (Å²) >= 11 is 0. The van der Waals surface area contributed by atoms with E-state index in [-0.39, 0.29) is 0 Å². The molecule has 26 heavy (non-hydrogen) atoms. The summed E-state index contributed by atoms with van der Waals surface area (Å²) < 4.78 is 11.0. The lowest BCUT2D eigenvalue weighted by molar-refractivity contribution is -0.277. The van der Waals surface area contributed by atoms with Crippen molar-refractivity contribution < 1.29 is 29.9 Å². The van der Waals surface area contributed by atoms with Gasteiger partial charge in [0.25, 0.3) is 0 Å². The second kappa shape index (κ2) is 6.75. The summed E-state index contributed by atoms with van der Waals surface area (Å²) in [5, 5.41) is 39.0. The topological polar surface area (TPSA) is 125 Å². The summed E-state index contributed by atoms with van der Waals surface area (Å²) in [4.78, 5) is 9.06. The number of para-hydroxylation sites is 2. The van der Waals surface area contributed by atoms with E-state index in [9.17, 15) is 20.4 Å². The summed E-state index contributed by atoms with van der Waals surface area (Å²) in [6.45, 7) is -0.514. The van der Waals surface area contributed by atoms with E-state index in [2.05, 4.69) is 9.97 Å². The summed E-state index contributed by atoms with van der Waals surface area (Å²) in [5.41, 5.74) is 2.81. The van der Waals surface area contributed by atoms with E-state index in [1.54, 1.807) is 18.2 Å². The van der Waals surface area contributed by atoms with Crippen molar-refractivity contribution in [3.05, 3.63) is 42.5 Å². The average Bonchev–Trinajstić information content (AvgIpc) is 2.66. The first kappa shape index (κ1) is 17.1. The third-order valence-electron chi connectivity index (χ3n) is 4.41. The Bertz CT molecular complexity index is 934. The third-order valence-corrected chi connectivity index (χ3v) is 4.41. The molecule has 2 aromatic carbocycles. The number of aliphatic hydroxyl groups is 4. The van der Waals surface area contributed by atoms with Gasteiger partial charge in [0.2, 0.25) is 6.29 Å². The number of aromatic nitrogens is 2. The number of fused-ring (bicyclic) bond motifs is 2. The van der Waals surface area contributed by atoms with E-state index < -0.39 is 37.3 Å². The Kier molecular flexibility index (Phi) is 4.43. The van der Waals surface area contributed by atoms with Crippen LogP contribution in [0.1, 0.15) is 0 Å². The molecule has 0 aliphatic carbocycles. The summed E-state index contributed by atoms with van der Waals surface area (Å²) in [6.07, 6.45) is -6.65. The maximum Gasteiger partial charge on any atom is 0.229 e. The van der Waals surface area contributed by atoms with Gasteiger partial charge in [-0.3, -0.25) is 0 Å². The molecule has 4 N–H and O–H groups in total. The fraction of sp³-hybridized carbons (Fsp3) is 0.333. The molecule has 0 amide bonds. The second-order valence-corrected chi connectivity index (χ2v) is 6.18. The summed E-state index contributed by atoms with van der Waals surface area (Å²) in [5.74, 6) is 0.353. The van der Waals surface area contributed by atoms with Gasteiger partial charge >= 0.3 is 0 Å². The van der Waals surface area contributed by atoms with Crippen LogP contribution in [0.15, 0.2) is 42.5 Å². The average molecular weight is 358 g/mol. The zero-order chi connectivity index (χ0) is 18.3. The highest BCUT2D eigenvalue weighted by Crippen LogP contribution is 2.26. The van der Waals surface area contributed by atoms with Crippen molar-refractivity contribution >= 4 is 22.1 Å². The number of hydrogen-bond donors (Lipinski definition) is 4. The second-order valence-electron chi connectivity index (χ2n) is 6.18. The molecular formula is C18H18N2O6. The Balaban J connectivity index is 1.63. The van der Waals surface area contributed by atoms with Gasteiger partial charge in [-0.15, -0.1) is 0 Å². The number of aliphatic hydroxyl groups excluding tert-OH is 4. The van der Waals surface area contributed by atoms with Gasteiger partial charge in [0, 0.05) is 6.07 Å². The minimum Gasteiger partial charge on any atom is -0.462 e. The van der Waals surface area contributed by atoms with Gasteiger partial charge < -0.3 is 29.9 Å². The smallest absolute Gasteiger partial charge is 0.229 e. The first-order chi connectivity index (χ1) is 12.6. The SMILES string of the molecule is OC[C@H]1O[C@@H](Oc2ccc3nc4ccccc4nc3c2)[C@H](O)[C@@H](O)[C@@H]1O. The van der Waals surface area contributed by atoms with Gasteiger partial charge in [-0.1, -0.05) is 12.1 Å². The Morgan fingerprint density at radius 2 is 1.50 bits per heavy atom. The largest absolute Gasteiger partial charge is 0.462 e. The maximum atomic E-state index is 10.1. The van der Waals surface area contributed by atoms with E-state index in [0.29, 0.717) is 16.8 Å². The Morgan fingerprint density at radius 1 is 0.846 bits per heavy atom. The van der Waals surface area contributed by atoms with E-state index in [1.165, 1.54) is 0 Å². The monoisotopic (exact) mass is 358 g/mol. The minimum absolute atomic E-state index is 0.353. The molecule has 136 valence electrons. The molecule has 0 bridgehead atoms. The molecule has 8 heteroatoms. The van der Waals surface area contributed by atoms with Crippen LogP contribution in [0.2, 0.25) is 0 Å². The molecule has 5 atom stereocenters. The maximum absolute atomic E-state index is 10.1. The van der Waals surface area contributed by atoms with Gasteiger partial charge in [0.05, 0.1) is 28.7 Å². The highest BCUT2D eigenvalue weighted by Gasteiger charge is 2.44.